The molecule has 3 rings (SSSR count). The molecule has 57 heavy (non-hydrogen) atoms. The number of rotatable bonds is 23. The Labute approximate surface area is 342 Å². The van der Waals surface area contributed by atoms with E-state index >= 15 is 0 Å². The SMILES string of the molecule is CCCCCCN(C(=O)[C@@H](NC(=O)C1CCCCN1C)[C@@H](C)CC)[C@H](C[C@@H](OC(C)=O)c1nc(C(=O)N[C@@H](Cc2ccc(F)cc2)C[C@H](C)C(=O)O)cs1)C(C)C. The number of ether oxygens (including phenoxy) is 1. The maximum absolute atomic E-state index is 14.8. The first-order valence-electron chi connectivity index (χ1n) is 20.8. The number of amides is 3. The topological polar surface area (TPSA) is 158 Å². The highest BCUT2D eigenvalue weighted by molar-refractivity contribution is 7.09. The lowest BCUT2D eigenvalue weighted by Crippen LogP contribution is -2.59. The molecule has 2 aromatic rings. The molecule has 1 aliphatic rings. The van der Waals surface area contributed by atoms with E-state index in [-0.39, 0.29) is 54.6 Å². The minimum Gasteiger partial charge on any atom is -0.481 e. The molecule has 318 valence electrons. The Kier molecular flexibility index (Phi) is 19.6. The third kappa shape index (κ3) is 14.8. The van der Waals surface area contributed by atoms with Gasteiger partial charge < -0.3 is 25.4 Å². The molecule has 0 bridgehead atoms. The molecule has 1 unspecified atom stereocenters. The molecule has 0 aliphatic carbocycles. The Morgan fingerprint density at radius 1 is 1.02 bits per heavy atom. The number of hydrogen-bond acceptors (Lipinski definition) is 9. The molecule has 0 radical (unpaired) electrons. The van der Waals surface area contributed by atoms with Crippen LogP contribution in [0, 0.1) is 23.6 Å². The van der Waals surface area contributed by atoms with Crippen LogP contribution in [0.25, 0.3) is 0 Å². The lowest BCUT2D eigenvalue weighted by atomic mass is 9.91. The first kappa shape index (κ1) is 47.5. The Balaban J connectivity index is 1.92. The summed E-state index contributed by atoms with van der Waals surface area (Å²) in [6, 6.07) is 3.82. The first-order chi connectivity index (χ1) is 27.1. The van der Waals surface area contributed by atoms with Gasteiger partial charge in [0.1, 0.15) is 22.6 Å². The summed E-state index contributed by atoms with van der Waals surface area (Å²) in [5, 5.41) is 17.6. The second kappa shape index (κ2) is 23.5. The molecule has 1 aromatic heterocycles. The van der Waals surface area contributed by atoms with E-state index in [4.69, 9.17) is 4.74 Å². The molecule has 12 nitrogen and oxygen atoms in total. The van der Waals surface area contributed by atoms with Crippen molar-refractivity contribution < 1.29 is 38.2 Å². The van der Waals surface area contributed by atoms with Gasteiger partial charge in [-0.15, -0.1) is 11.3 Å². The zero-order valence-corrected chi connectivity index (χ0v) is 36.0. The predicted octanol–water partition coefficient (Wildman–Crippen LogP) is 7.18. The van der Waals surface area contributed by atoms with Gasteiger partial charge in [0, 0.05) is 37.4 Å². The van der Waals surface area contributed by atoms with Crippen molar-refractivity contribution in [3.63, 3.8) is 0 Å². The highest BCUT2D eigenvalue weighted by atomic mass is 32.1. The largest absolute Gasteiger partial charge is 0.481 e. The molecule has 0 saturated carbocycles. The first-order valence-corrected chi connectivity index (χ1v) is 21.7. The molecule has 2 heterocycles. The van der Waals surface area contributed by atoms with E-state index in [0.29, 0.717) is 18.0 Å². The average Bonchev–Trinajstić information content (AvgIpc) is 3.67. The quantitative estimate of drug-likeness (QED) is 0.0781. The van der Waals surface area contributed by atoms with Gasteiger partial charge in [0.25, 0.3) is 5.91 Å². The van der Waals surface area contributed by atoms with Crippen LogP contribution in [0.4, 0.5) is 4.39 Å². The van der Waals surface area contributed by atoms with Gasteiger partial charge in [-0.1, -0.05) is 85.8 Å². The number of esters is 1. The van der Waals surface area contributed by atoms with E-state index in [1.807, 2.05) is 39.6 Å². The summed E-state index contributed by atoms with van der Waals surface area (Å²) < 4.78 is 19.5. The third-order valence-corrected chi connectivity index (χ3v) is 12.1. The summed E-state index contributed by atoms with van der Waals surface area (Å²) in [7, 11) is 1.95. The Hall–Kier alpha value is -3.91. The van der Waals surface area contributed by atoms with Crippen LogP contribution in [0.15, 0.2) is 29.6 Å². The van der Waals surface area contributed by atoms with Crippen molar-refractivity contribution in [2.75, 3.05) is 20.1 Å². The number of likely N-dealkylation sites (N-methyl/N-ethyl adjacent to an activating group) is 1. The Bertz CT molecular complexity index is 1600. The van der Waals surface area contributed by atoms with Gasteiger partial charge in [0.15, 0.2) is 6.10 Å². The van der Waals surface area contributed by atoms with Crippen LogP contribution >= 0.6 is 11.3 Å². The number of carboxylic acid groups (broad SMARTS) is 1. The Morgan fingerprint density at radius 3 is 2.32 bits per heavy atom. The van der Waals surface area contributed by atoms with E-state index in [0.717, 1.165) is 57.1 Å². The summed E-state index contributed by atoms with van der Waals surface area (Å²) in [6.07, 6.45) is 6.96. The third-order valence-electron chi connectivity index (χ3n) is 11.1. The fourth-order valence-electron chi connectivity index (χ4n) is 7.47. The maximum Gasteiger partial charge on any atom is 0.306 e. The van der Waals surface area contributed by atoms with Gasteiger partial charge in [-0.2, -0.15) is 0 Å². The minimum absolute atomic E-state index is 0.0675. The summed E-state index contributed by atoms with van der Waals surface area (Å²) >= 11 is 1.17. The number of benzene rings is 1. The number of halogens is 1. The molecule has 1 aliphatic heterocycles. The zero-order chi connectivity index (χ0) is 42.2. The molecule has 1 saturated heterocycles. The number of thiazole rings is 1. The number of likely N-dealkylation sites (tertiary alicyclic amines) is 1. The van der Waals surface area contributed by atoms with Crippen molar-refractivity contribution in [2.45, 2.75) is 149 Å². The van der Waals surface area contributed by atoms with E-state index in [2.05, 4.69) is 27.4 Å². The van der Waals surface area contributed by atoms with Gasteiger partial charge >= 0.3 is 11.9 Å². The molecule has 0 spiro atoms. The number of aromatic nitrogens is 1. The molecule has 3 N–H and O–H groups in total. The number of carboxylic acids is 1. The van der Waals surface area contributed by atoms with Crippen molar-refractivity contribution in [1.82, 2.24) is 25.4 Å². The van der Waals surface area contributed by atoms with E-state index in [9.17, 15) is 33.5 Å². The van der Waals surface area contributed by atoms with Crippen LogP contribution in [0.2, 0.25) is 0 Å². The monoisotopic (exact) mass is 815 g/mol. The van der Waals surface area contributed by atoms with Crippen LogP contribution in [-0.2, 0) is 30.3 Å². The summed E-state index contributed by atoms with van der Waals surface area (Å²) in [4.78, 5) is 75.0. The number of unbranched alkanes of at least 4 members (excludes halogenated alkanes) is 3. The normalized spacial score (nSPS) is 17.8. The second-order valence-electron chi connectivity index (χ2n) is 16.1. The number of carbonyl (C=O) groups is 5. The standard InChI is InChI=1S/C43H66FN5O7S/c1-9-11-12-14-22-49(42(53)38(28(5)10-2)47-40(52)35-16-13-15-21-48(35)8)36(27(3)4)25-37(56-30(7)50)41-46-34(26-57-41)39(51)45-33(23-29(6)43(54)55)24-31-17-19-32(44)20-18-31/h17-20,26-29,33,35-38H,9-16,21-25H2,1-8H3,(H,45,51)(H,47,52)(H,54,55)/t28-,29-,33+,35?,36+,37+,38-/m0/s1. The van der Waals surface area contributed by atoms with Gasteiger partial charge in [0.05, 0.1) is 12.0 Å². The lowest BCUT2D eigenvalue weighted by Gasteiger charge is -2.40. The predicted molar refractivity (Wildman–Crippen MR) is 220 cm³/mol. The molecular weight excluding hydrogens is 750 g/mol. The van der Waals surface area contributed by atoms with Gasteiger partial charge in [0.2, 0.25) is 11.8 Å². The number of nitrogens with zero attached hydrogens (tertiary/aromatic N) is 3. The summed E-state index contributed by atoms with van der Waals surface area (Å²) in [6.45, 7) is 14.4. The summed E-state index contributed by atoms with van der Waals surface area (Å²) in [5.41, 5.74) is 0.818. The van der Waals surface area contributed by atoms with E-state index in [1.54, 1.807) is 24.4 Å². The fraction of sp³-hybridized carbons (Fsp3) is 0.674. The number of hydrogen-bond donors (Lipinski definition) is 3. The van der Waals surface area contributed by atoms with Gasteiger partial charge in [-0.25, -0.2) is 9.37 Å². The van der Waals surface area contributed by atoms with Crippen molar-refractivity contribution >= 4 is 41.0 Å². The molecule has 1 fully saturated rings. The van der Waals surface area contributed by atoms with E-state index < -0.39 is 53.8 Å². The minimum atomic E-state index is -0.999. The van der Waals surface area contributed by atoms with Crippen molar-refractivity contribution in [3.05, 3.63) is 51.7 Å². The molecular formula is C43H66FN5O7S. The van der Waals surface area contributed by atoms with Crippen LogP contribution < -0.4 is 10.6 Å². The van der Waals surface area contributed by atoms with E-state index in [1.165, 1.54) is 30.4 Å². The van der Waals surface area contributed by atoms with Crippen LogP contribution in [0.3, 0.4) is 0 Å². The highest BCUT2D eigenvalue weighted by Gasteiger charge is 2.38. The maximum atomic E-state index is 14.8. The number of aliphatic carboxylic acids is 1. The van der Waals surface area contributed by atoms with Gasteiger partial charge in [-0.3, -0.25) is 28.9 Å². The van der Waals surface area contributed by atoms with Crippen molar-refractivity contribution in [3.8, 4) is 0 Å². The average molecular weight is 816 g/mol. The zero-order valence-electron chi connectivity index (χ0n) is 35.2. The van der Waals surface area contributed by atoms with Crippen LogP contribution in [0.1, 0.15) is 140 Å². The highest BCUT2D eigenvalue weighted by Crippen LogP contribution is 2.32. The molecule has 14 heteroatoms. The smallest absolute Gasteiger partial charge is 0.306 e. The summed E-state index contributed by atoms with van der Waals surface area (Å²) in [5.74, 6) is -3.69. The lowest BCUT2D eigenvalue weighted by molar-refractivity contribution is -0.150. The number of carbonyl (C=O) groups excluding carboxylic acids is 4. The number of nitrogens with one attached hydrogen (secondary N) is 2. The number of piperidine rings is 1. The van der Waals surface area contributed by atoms with Crippen LogP contribution in [0.5, 0.6) is 0 Å². The molecule has 1 aromatic carbocycles. The fourth-order valence-corrected chi connectivity index (χ4v) is 8.31. The van der Waals surface area contributed by atoms with Crippen molar-refractivity contribution in [1.29, 1.82) is 0 Å². The van der Waals surface area contributed by atoms with Gasteiger partial charge in [-0.05, 0) is 75.2 Å². The molecule has 3 amide bonds. The van der Waals surface area contributed by atoms with Crippen molar-refractivity contribution in [2.24, 2.45) is 17.8 Å². The molecule has 7 atom stereocenters. The Morgan fingerprint density at radius 2 is 1.72 bits per heavy atom. The second-order valence-corrected chi connectivity index (χ2v) is 17.0. The van der Waals surface area contributed by atoms with Crippen LogP contribution in [-0.4, -0.2) is 93.9 Å².